The van der Waals surface area contributed by atoms with Crippen molar-refractivity contribution in [3.05, 3.63) is 141 Å². The van der Waals surface area contributed by atoms with Gasteiger partial charge < -0.3 is 20.1 Å². The third-order valence-corrected chi connectivity index (χ3v) is 8.58. The first-order chi connectivity index (χ1) is 23.0. The Balaban J connectivity index is 1.43. The molecule has 6 rings (SSSR count). The van der Waals surface area contributed by atoms with Gasteiger partial charge in [-0.05, 0) is 67.1 Å². The minimum absolute atomic E-state index is 0.0819. The van der Waals surface area contributed by atoms with Crippen LogP contribution in [0.5, 0.6) is 11.5 Å². The number of halogens is 4. The van der Waals surface area contributed by atoms with Crippen LogP contribution in [-0.2, 0) is 16.2 Å². The number of benzene rings is 3. The monoisotopic (exact) mass is 657 g/mol. The Bertz CT molecular complexity index is 1970. The van der Waals surface area contributed by atoms with Crippen molar-refractivity contribution in [2.24, 2.45) is 0 Å². The number of nitrogens with one attached hydrogen (secondary N) is 2. The minimum Gasteiger partial charge on any atom is -0.496 e. The van der Waals surface area contributed by atoms with Crippen LogP contribution >= 0.6 is 0 Å². The van der Waals surface area contributed by atoms with Crippen molar-refractivity contribution < 1.29 is 36.6 Å². The lowest BCUT2D eigenvalue weighted by Gasteiger charge is -2.37. The van der Waals surface area contributed by atoms with E-state index < -0.39 is 47.5 Å². The predicted octanol–water partition coefficient (Wildman–Crippen LogP) is 7.53. The van der Waals surface area contributed by atoms with Crippen molar-refractivity contribution in [1.29, 1.82) is 0 Å². The second-order valence-electron chi connectivity index (χ2n) is 11.8. The van der Waals surface area contributed by atoms with Gasteiger partial charge in [0.25, 0.3) is 5.91 Å². The van der Waals surface area contributed by atoms with E-state index in [-0.39, 0.29) is 41.1 Å². The number of ether oxygens (including phenoxy) is 2. The summed E-state index contributed by atoms with van der Waals surface area (Å²) in [5.41, 5.74) is 4.53. The number of hydrogen-bond donors (Lipinski definition) is 2. The van der Waals surface area contributed by atoms with E-state index in [0.29, 0.717) is 34.8 Å². The molecule has 0 radical (unpaired) electrons. The van der Waals surface area contributed by atoms with Crippen LogP contribution in [0.4, 0.5) is 23.4 Å². The van der Waals surface area contributed by atoms with Gasteiger partial charge in [0.15, 0.2) is 23.2 Å². The standard InChI is InChI=1S/C37H31F4N3O4/c1-19-11-12-42-30(13-19)44-37(46)31-20(2)43-27-15-23(21-7-5-4-6-8-21)16-28(45)33(27)32(31)22-9-10-29(47-3)24(14-22)18-48-36-34(40)25(38)17-26(39)35(36)41/h4-14,17,23,32,43H,15-16,18H2,1-3H3,(H,42,44,46)/t23-,32+/m1/s1. The summed E-state index contributed by atoms with van der Waals surface area (Å²) < 4.78 is 67.3. The SMILES string of the molecule is COc1ccc([C@H]2C(C(=O)Nc3cc(C)ccn3)=C(C)NC3=C2C(=O)C[C@H](c2ccccc2)C3)cc1COc1c(F)c(F)cc(F)c1F. The average molecular weight is 658 g/mol. The number of carbonyl (C=O) groups is 2. The molecule has 2 N–H and O–H groups in total. The molecule has 1 aliphatic carbocycles. The van der Waals surface area contributed by atoms with E-state index >= 15 is 0 Å². The van der Waals surface area contributed by atoms with Gasteiger partial charge in [-0.15, -0.1) is 0 Å². The van der Waals surface area contributed by atoms with Gasteiger partial charge >= 0.3 is 0 Å². The topological polar surface area (TPSA) is 89.5 Å². The number of dihydropyridines is 1. The van der Waals surface area contributed by atoms with Crippen LogP contribution in [0.1, 0.15) is 53.9 Å². The zero-order valence-electron chi connectivity index (χ0n) is 26.3. The van der Waals surface area contributed by atoms with Gasteiger partial charge in [0.1, 0.15) is 18.2 Å². The van der Waals surface area contributed by atoms with Crippen molar-refractivity contribution in [2.45, 2.75) is 45.1 Å². The highest BCUT2D eigenvalue weighted by Crippen LogP contribution is 2.46. The number of pyridine rings is 1. The normalized spacial score (nSPS) is 17.5. The molecule has 1 aliphatic heterocycles. The molecule has 0 saturated heterocycles. The number of nitrogens with zero attached hydrogens (tertiary/aromatic N) is 1. The lowest BCUT2D eigenvalue weighted by atomic mass is 9.71. The van der Waals surface area contributed by atoms with E-state index in [9.17, 15) is 27.2 Å². The summed E-state index contributed by atoms with van der Waals surface area (Å²) in [6.45, 7) is 3.07. The minimum atomic E-state index is -1.68. The van der Waals surface area contributed by atoms with Crippen LogP contribution in [0.2, 0.25) is 0 Å². The highest BCUT2D eigenvalue weighted by Gasteiger charge is 2.41. The quantitative estimate of drug-likeness (QED) is 0.150. The van der Waals surface area contributed by atoms with Crippen LogP contribution in [0.15, 0.2) is 95.5 Å². The number of hydrogen-bond acceptors (Lipinski definition) is 6. The molecule has 1 amide bonds. The maximum atomic E-state index is 14.4. The predicted molar refractivity (Wildman–Crippen MR) is 170 cm³/mol. The highest BCUT2D eigenvalue weighted by atomic mass is 19.2. The number of methoxy groups -OCH3 is 1. The molecule has 246 valence electrons. The Kier molecular flexibility index (Phi) is 9.03. The number of ketones is 1. The number of anilines is 1. The molecule has 2 heterocycles. The third-order valence-electron chi connectivity index (χ3n) is 8.58. The molecule has 0 fully saturated rings. The first kappa shape index (κ1) is 32.5. The molecule has 1 aromatic heterocycles. The van der Waals surface area contributed by atoms with Crippen LogP contribution in [0.25, 0.3) is 0 Å². The second-order valence-corrected chi connectivity index (χ2v) is 11.8. The Morgan fingerprint density at radius 1 is 0.938 bits per heavy atom. The number of carbonyl (C=O) groups excluding carboxylic acids is 2. The summed E-state index contributed by atoms with van der Waals surface area (Å²) in [4.78, 5) is 32.3. The van der Waals surface area contributed by atoms with E-state index in [2.05, 4.69) is 15.6 Å². The van der Waals surface area contributed by atoms with Crippen LogP contribution in [0.3, 0.4) is 0 Å². The fraction of sp³-hybridized carbons (Fsp3) is 0.216. The molecular weight excluding hydrogens is 626 g/mol. The largest absolute Gasteiger partial charge is 0.496 e. The molecule has 2 aliphatic rings. The van der Waals surface area contributed by atoms with Crippen molar-refractivity contribution in [3.63, 3.8) is 0 Å². The zero-order chi connectivity index (χ0) is 34.1. The van der Waals surface area contributed by atoms with Gasteiger partial charge in [0, 0.05) is 52.7 Å². The van der Waals surface area contributed by atoms with Crippen molar-refractivity contribution in [3.8, 4) is 11.5 Å². The van der Waals surface area contributed by atoms with Gasteiger partial charge in [0.2, 0.25) is 11.6 Å². The number of Topliss-reactive ketones (excluding diaryl/α,β-unsaturated/α-hetero) is 1. The van der Waals surface area contributed by atoms with E-state index in [1.54, 1.807) is 43.5 Å². The highest BCUT2D eigenvalue weighted by molar-refractivity contribution is 6.09. The molecular formula is C37H31F4N3O4. The lowest BCUT2D eigenvalue weighted by molar-refractivity contribution is -0.116. The Labute approximate surface area is 274 Å². The molecule has 3 aromatic carbocycles. The van der Waals surface area contributed by atoms with Gasteiger partial charge in [-0.1, -0.05) is 36.4 Å². The van der Waals surface area contributed by atoms with Gasteiger partial charge in [-0.25, -0.2) is 13.8 Å². The van der Waals surface area contributed by atoms with Crippen molar-refractivity contribution in [2.75, 3.05) is 12.4 Å². The van der Waals surface area contributed by atoms with Crippen LogP contribution in [0, 0.1) is 30.2 Å². The second kappa shape index (κ2) is 13.3. The molecule has 7 nitrogen and oxygen atoms in total. The molecule has 2 atom stereocenters. The lowest BCUT2D eigenvalue weighted by Crippen LogP contribution is -2.37. The molecule has 0 unspecified atom stereocenters. The number of allylic oxidation sites excluding steroid dienone is 3. The van der Waals surface area contributed by atoms with Crippen LogP contribution < -0.4 is 20.1 Å². The summed E-state index contributed by atoms with van der Waals surface area (Å²) in [5.74, 6) is -8.81. The molecule has 48 heavy (non-hydrogen) atoms. The Morgan fingerprint density at radius 2 is 1.67 bits per heavy atom. The zero-order valence-corrected chi connectivity index (χ0v) is 26.3. The van der Waals surface area contributed by atoms with E-state index in [4.69, 9.17) is 9.47 Å². The molecule has 0 spiro atoms. The number of aromatic nitrogens is 1. The van der Waals surface area contributed by atoms with E-state index in [0.717, 1.165) is 11.1 Å². The van der Waals surface area contributed by atoms with Crippen molar-refractivity contribution in [1.82, 2.24) is 10.3 Å². The average Bonchev–Trinajstić information content (AvgIpc) is 3.07. The summed E-state index contributed by atoms with van der Waals surface area (Å²) >= 11 is 0. The van der Waals surface area contributed by atoms with Crippen molar-refractivity contribution >= 4 is 17.5 Å². The molecule has 0 saturated carbocycles. The maximum absolute atomic E-state index is 14.4. The first-order valence-electron chi connectivity index (χ1n) is 15.2. The number of rotatable bonds is 8. The van der Waals surface area contributed by atoms with Gasteiger partial charge in [0.05, 0.1) is 7.11 Å². The maximum Gasteiger partial charge on any atom is 0.255 e. The summed E-state index contributed by atoms with van der Waals surface area (Å²) in [6.07, 6.45) is 2.30. The van der Waals surface area contributed by atoms with E-state index in [1.807, 2.05) is 37.3 Å². The first-order valence-corrected chi connectivity index (χ1v) is 15.2. The van der Waals surface area contributed by atoms with Gasteiger partial charge in [-0.2, -0.15) is 8.78 Å². The van der Waals surface area contributed by atoms with Crippen LogP contribution in [-0.4, -0.2) is 23.8 Å². The molecule has 0 bridgehead atoms. The third kappa shape index (κ3) is 6.27. The Hall–Kier alpha value is -5.45. The number of aryl methyl sites for hydroxylation is 1. The molecule has 11 heteroatoms. The fourth-order valence-corrected chi connectivity index (χ4v) is 6.34. The summed E-state index contributed by atoms with van der Waals surface area (Å²) in [7, 11) is 1.37. The summed E-state index contributed by atoms with van der Waals surface area (Å²) in [6, 6.07) is 18.2. The van der Waals surface area contributed by atoms with E-state index in [1.165, 1.54) is 7.11 Å². The molecule has 4 aromatic rings. The smallest absolute Gasteiger partial charge is 0.255 e. The Morgan fingerprint density at radius 3 is 2.35 bits per heavy atom. The van der Waals surface area contributed by atoms with Gasteiger partial charge in [-0.3, -0.25) is 9.59 Å². The summed E-state index contributed by atoms with van der Waals surface area (Å²) in [5, 5.41) is 6.19. The fourth-order valence-electron chi connectivity index (χ4n) is 6.34. The number of amides is 1.